The number of aldehydes is 1. The Hall–Kier alpha value is -2.17. The van der Waals surface area contributed by atoms with Gasteiger partial charge in [0.15, 0.2) is 6.29 Å². The number of aryl methyl sites for hydroxylation is 1. The van der Waals surface area contributed by atoms with Crippen LogP contribution in [0.15, 0.2) is 18.5 Å². The zero-order valence-corrected chi connectivity index (χ0v) is 9.64. The molecule has 0 radical (unpaired) electrons. The van der Waals surface area contributed by atoms with Crippen LogP contribution in [0.4, 0.5) is 0 Å². The predicted octanol–water partition coefficient (Wildman–Crippen LogP) is 1.56. The third kappa shape index (κ3) is 1.69. The highest BCUT2D eigenvalue weighted by Crippen LogP contribution is 2.23. The van der Waals surface area contributed by atoms with Crippen LogP contribution in [-0.2, 0) is 11.8 Å². The lowest BCUT2D eigenvalue weighted by Crippen LogP contribution is -2.11. The van der Waals surface area contributed by atoms with E-state index in [1.54, 1.807) is 37.0 Å². The van der Waals surface area contributed by atoms with E-state index in [2.05, 4.69) is 4.98 Å². The molecule has 2 aromatic rings. The average molecular weight is 232 g/mol. The maximum Gasteiger partial charge on any atom is 0.355 e. The first-order valence-corrected chi connectivity index (χ1v) is 5.25. The summed E-state index contributed by atoms with van der Waals surface area (Å²) < 4.78 is 6.57. The van der Waals surface area contributed by atoms with Crippen molar-refractivity contribution < 1.29 is 14.3 Å². The lowest BCUT2D eigenvalue weighted by Gasteiger charge is -2.04. The van der Waals surface area contributed by atoms with E-state index in [1.165, 1.54) is 0 Å². The molecular formula is C12H12N2O3. The van der Waals surface area contributed by atoms with Crippen molar-refractivity contribution in [3.8, 4) is 0 Å². The lowest BCUT2D eigenvalue weighted by atomic mass is 10.2. The van der Waals surface area contributed by atoms with Crippen LogP contribution in [0, 0.1) is 0 Å². The molecule has 0 bridgehead atoms. The Balaban J connectivity index is 2.73. The summed E-state index contributed by atoms with van der Waals surface area (Å²) in [6, 6.07) is 1.71. The minimum atomic E-state index is -0.492. The number of carbonyl (C=O) groups excluding carboxylic acids is 2. The minimum absolute atomic E-state index is 0.268. The van der Waals surface area contributed by atoms with E-state index >= 15 is 0 Å². The highest BCUT2D eigenvalue weighted by Gasteiger charge is 2.21. The van der Waals surface area contributed by atoms with Gasteiger partial charge in [-0.1, -0.05) is 0 Å². The zero-order chi connectivity index (χ0) is 12.4. The minimum Gasteiger partial charge on any atom is -0.461 e. The number of esters is 1. The molecule has 5 nitrogen and oxygen atoms in total. The smallest absolute Gasteiger partial charge is 0.355 e. The van der Waals surface area contributed by atoms with Gasteiger partial charge in [-0.05, 0) is 13.0 Å². The SMILES string of the molecule is CCOC(=O)c1c(C=O)c2ccncc2n1C. The number of ether oxygens (including phenoxy) is 1. The summed E-state index contributed by atoms with van der Waals surface area (Å²) in [5.74, 6) is -0.492. The van der Waals surface area contributed by atoms with Gasteiger partial charge in [0, 0.05) is 18.6 Å². The van der Waals surface area contributed by atoms with E-state index in [4.69, 9.17) is 4.74 Å². The van der Waals surface area contributed by atoms with E-state index in [0.717, 1.165) is 5.52 Å². The Labute approximate surface area is 98.0 Å². The van der Waals surface area contributed by atoms with Gasteiger partial charge < -0.3 is 9.30 Å². The monoisotopic (exact) mass is 232 g/mol. The fraction of sp³-hybridized carbons (Fsp3) is 0.250. The molecule has 5 heteroatoms. The number of rotatable bonds is 3. The molecular weight excluding hydrogens is 220 g/mol. The molecule has 88 valence electrons. The van der Waals surface area contributed by atoms with Gasteiger partial charge in [0.05, 0.1) is 23.9 Å². The van der Waals surface area contributed by atoms with Crippen molar-refractivity contribution in [1.82, 2.24) is 9.55 Å². The molecule has 0 aromatic carbocycles. The lowest BCUT2D eigenvalue weighted by molar-refractivity contribution is 0.0513. The molecule has 0 N–H and O–H groups in total. The number of hydrogen-bond donors (Lipinski definition) is 0. The Kier molecular flexibility index (Phi) is 2.91. The topological polar surface area (TPSA) is 61.2 Å². The highest BCUT2D eigenvalue weighted by atomic mass is 16.5. The quantitative estimate of drug-likeness (QED) is 0.595. The largest absolute Gasteiger partial charge is 0.461 e. The van der Waals surface area contributed by atoms with Crippen molar-refractivity contribution >= 4 is 23.2 Å². The van der Waals surface area contributed by atoms with Gasteiger partial charge in [0.1, 0.15) is 5.69 Å². The summed E-state index contributed by atoms with van der Waals surface area (Å²) >= 11 is 0. The van der Waals surface area contributed by atoms with Crippen molar-refractivity contribution in [2.24, 2.45) is 7.05 Å². The molecule has 2 heterocycles. The first-order chi connectivity index (χ1) is 8.20. The molecule has 0 spiro atoms. The molecule has 0 saturated heterocycles. The Bertz CT molecular complexity index is 587. The molecule has 0 atom stereocenters. The summed E-state index contributed by atoms with van der Waals surface area (Å²) in [4.78, 5) is 26.9. The van der Waals surface area contributed by atoms with E-state index in [1.807, 2.05) is 0 Å². The second kappa shape index (κ2) is 4.37. The molecule has 2 rings (SSSR count). The van der Waals surface area contributed by atoms with Crippen molar-refractivity contribution in [3.63, 3.8) is 0 Å². The van der Waals surface area contributed by atoms with Crippen molar-refractivity contribution in [2.45, 2.75) is 6.92 Å². The molecule has 0 fully saturated rings. The van der Waals surface area contributed by atoms with Crippen LogP contribution < -0.4 is 0 Å². The molecule has 0 aliphatic carbocycles. The third-order valence-electron chi connectivity index (χ3n) is 2.63. The number of hydrogen-bond acceptors (Lipinski definition) is 4. The summed E-state index contributed by atoms with van der Waals surface area (Å²) in [6.45, 7) is 2.00. The fourth-order valence-corrected chi connectivity index (χ4v) is 1.88. The Morgan fingerprint density at radius 3 is 3.00 bits per heavy atom. The molecule has 0 saturated carbocycles. The number of carbonyl (C=O) groups is 2. The Morgan fingerprint density at radius 2 is 2.35 bits per heavy atom. The first-order valence-electron chi connectivity index (χ1n) is 5.25. The van der Waals surface area contributed by atoms with E-state index < -0.39 is 5.97 Å². The van der Waals surface area contributed by atoms with Crippen LogP contribution >= 0.6 is 0 Å². The summed E-state index contributed by atoms with van der Waals surface area (Å²) in [6.07, 6.45) is 3.88. The van der Waals surface area contributed by atoms with Crippen LogP contribution in [0.25, 0.3) is 10.9 Å². The van der Waals surface area contributed by atoms with Crippen LogP contribution in [0.5, 0.6) is 0 Å². The van der Waals surface area contributed by atoms with Crippen LogP contribution in [0.2, 0.25) is 0 Å². The van der Waals surface area contributed by atoms with E-state index in [9.17, 15) is 9.59 Å². The molecule has 0 amide bonds. The summed E-state index contributed by atoms with van der Waals surface area (Å²) in [7, 11) is 1.71. The second-order valence-electron chi connectivity index (χ2n) is 3.55. The third-order valence-corrected chi connectivity index (χ3v) is 2.63. The zero-order valence-electron chi connectivity index (χ0n) is 9.64. The molecule has 2 aromatic heterocycles. The van der Waals surface area contributed by atoms with Gasteiger partial charge in [0.25, 0.3) is 0 Å². The van der Waals surface area contributed by atoms with Crippen molar-refractivity contribution in [1.29, 1.82) is 0 Å². The molecule has 0 unspecified atom stereocenters. The van der Waals surface area contributed by atoms with Crippen molar-refractivity contribution in [3.05, 3.63) is 29.7 Å². The van der Waals surface area contributed by atoms with Gasteiger partial charge in [-0.25, -0.2) is 4.79 Å². The van der Waals surface area contributed by atoms with Crippen LogP contribution in [0.3, 0.4) is 0 Å². The van der Waals surface area contributed by atoms with Gasteiger partial charge in [-0.2, -0.15) is 0 Å². The fourth-order valence-electron chi connectivity index (χ4n) is 1.88. The Morgan fingerprint density at radius 1 is 1.59 bits per heavy atom. The average Bonchev–Trinajstić information content (AvgIpc) is 2.63. The van der Waals surface area contributed by atoms with E-state index in [0.29, 0.717) is 17.2 Å². The summed E-state index contributed by atoms with van der Waals surface area (Å²) in [5.41, 5.74) is 1.35. The molecule has 0 aliphatic rings. The number of pyridine rings is 1. The van der Waals surface area contributed by atoms with Crippen molar-refractivity contribution in [2.75, 3.05) is 6.61 Å². The molecule has 0 aliphatic heterocycles. The maximum absolute atomic E-state index is 11.8. The standard InChI is InChI=1S/C12H12N2O3/c1-3-17-12(16)11-9(7-15)8-4-5-13-6-10(8)14(11)2/h4-7H,3H2,1-2H3. The first kappa shape index (κ1) is 11.3. The normalized spacial score (nSPS) is 10.5. The van der Waals surface area contributed by atoms with Crippen LogP contribution in [0.1, 0.15) is 27.8 Å². The van der Waals surface area contributed by atoms with Crippen LogP contribution in [-0.4, -0.2) is 28.4 Å². The number of nitrogens with zero attached hydrogens (tertiary/aromatic N) is 2. The predicted molar refractivity (Wildman–Crippen MR) is 62.1 cm³/mol. The van der Waals surface area contributed by atoms with Gasteiger partial charge >= 0.3 is 5.97 Å². The summed E-state index contributed by atoms with van der Waals surface area (Å²) in [5, 5.41) is 0.709. The molecule has 17 heavy (non-hydrogen) atoms. The van der Waals surface area contributed by atoms with E-state index in [-0.39, 0.29) is 12.3 Å². The van der Waals surface area contributed by atoms with Gasteiger partial charge in [0.2, 0.25) is 0 Å². The number of aromatic nitrogens is 2. The van der Waals surface area contributed by atoms with Gasteiger partial charge in [-0.3, -0.25) is 9.78 Å². The second-order valence-corrected chi connectivity index (χ2v) is 3.55. The maximum atomic E-state index is 11.8. The highest BCUT2D eigenvalue weighted by molar-refractivity contribution is 6.08. The number of fused-ring (bicyclic) bond motifs is 1. The van der Waals surface area contributed by atoms with Gasteiger partial charge in [-0.15, -0.1) is 0 Å².